The average molecular weight is 557 g/mol. The van der Waals surface area contributed by atoms with E-state index in [0.717, 1.165) is 35.3 Å². The number of ether oxygens (including phenoxy) is 2. The smallest absolute Gasteiger partial charge is 0.264 e. The van der Waals surface area contributed by atoms with Crippen LogP contribution in [0.25, 0.3) is 0 Å². The maximum absolute atomic E-state index is 12.8. The van der Waals surface area contributed by atoms with Gasteiger partial charge in [0.25, 0.3) is 15.9 Å². The number of sulfonamides is 1. The van der Waals surface area contributed by atoms with E-state index in [4.69, 9.17) is 9.47 Å². The molecule has 0 spiro atoms. The summed E-state index contributed by atoms with van der Waals surface area (Å²) in [6, 6.07) is 24.9. The Labute approximate surface area is 235 Å². The molecule has 206 valence electrons. The van der Waals surface area contributed by atoms with Crippen molar-refractivity contribution in [2.45, 2.75) is 49.0 Å². The predicted molar refractivity (Wildman–Crippen MR) is 153 cm³/mol. The first kappa shape index (κ1) is 27.4. The summed E-state index contributed by atoms with van der Waals surface area (Å²) in [6.45, 7) is 0. The molecule has 0 aliphatic heterocycles. The maximum Gasteiger partial charge on any atom is 0.264 e. The number of nitrogens with one attached hydrogen (secondary N) is 1. The van der Waals surface area contributed by atoms with Crippen LogP contribution in [-0.2, 0) is 16.4 Å². The molecule has 40 heavy (non-hydrogen) atoms. The van der Waals surface area contributed by atoms with Crippen LogP contribution in [0, 0.1) is 0 Å². The number of nitrogens with zero attached hydrogens (tertiary/aromatic N) is 1. The van der Waals surface area contributed by atoms with Crippen molar-refractivity contribution in [1.29, 1.82) is 0 Å². The topological polar surface area (TPSA) is 94.6 Å². The van der Waals surface area contributed by atoms with Crippen molar-refractivity contribution in [1.82, 2.24) is 9.71 Å². The summed E-state index contributed by atoms with van der Waals surface area (Å²) in [4.78, 5) is 17.0. The maximum atomic E-state index is 12.8. The summed E-state index contributed by atoms with van der Waals surface area (Å²) in [7, 11) is -2.32. The second kappa shape index (κ2) is 12.3. The number of methoxy groups -OCH3 is 1. The molecule has 8 heteroatoms. The van der Waals surface area contributed by atoms with Crippen LogP contribution in [0.2, 0.25) is 0 Å². The van der Waals surface area contributed by atoms with Crippen molar-refractivity contribution >= 4 is 15.9 Å². The molecular formula is C32H32N2O5S. The molecule has 1 amide bonds. The Kier molecular flexibility index (Phi) is 8.45. The Morgan fingerprint density at radius 2 is 1.57 bits per heavy atom. The van der Waals surface area contributed by atoms with E-state index >= 15 is 0 Å². The molecule has 1 heterocycles. The first-order chi connectivity index (χ1) is 19.4. The average Bonchev–Trinajstić information content (AvgIpc) is 3.50. The van der Waals surface area contributed by atoms with Gasteiger partial charge < -0.3 is 9.47 Å². The molecular weight excluding hydrogens is 524 g/mol. The molecule has 1 saturated carbocycles. The van der Waals surface area contributed by atoms with Crippen LogP contribution in [0.1, 0.15) is 58.6 Å². The molecule has 1 fully saturated rings. The molecule has 7 nitrogen and oxygen atoms in total. The number of carbonyl (C=O) groups is 1. The Morgan fingerprint density at radius 1 is 0.900 bits per heavy atom. The third kappa shape index (κ3) is 6.51. The molecule has 3 aromatic carbocycles. The largest absolute Gasteiger partial charge is 0.493 e. The summed E-state index contributed by atoms with van der Waals surface area (Å²) in [5.41, 5.74) is 3.40. The van der Waals surface area contributed by atoms with Gasteiger partial charge in [-0.05, 0) is 97.3 Å². The van der Waals surface area contributed by atoms with Crippen LogP contribution >= 0.6 is 0 Å². The number of hydrogen-bond donors (Lipinski definition) is 1. The van der Waals surface area contributed by atoms with E-state index in [0.29, 0.717) is 12.2 Å². The third-order valence-corrected chi connectivity index (χ3v) is 8.58. The number of rotatable bonds is 10. The van der Waals surface area contributed by atoms with Gasteiger partial charge >= 0.3 is 0 Å². The first-order valence-electron chi connectivity index (χ1n) is 13.4. The second-order valence-electron chi connectivity index (χ2n) is 9.92. The van der Waals surface area contributed by atoms with Gasteiger partial charge in [-0.2, -0.15) is 0 Å². The number of pyridine rings is 1. The van der Waals surface area contributed by atoms with Gasteiger partial charge in [0.05, 0.1) is 18.1 Å². The van der Waals surface area contributed by atoms with E-state index < -0.39 is 15.9 Å². The highest BCUT2D eigenvalue weighted by molar-refractivity contribution is 7.90. The minimum atomic E-state index is -3.97. The Bertz CT molecular complexity index is 1540. The van der Waals surface area contributed by atoms with Crippen LogP contribution in [-0.4, -0.2) is 32.5 Å². The number of hydrogen-bond acceptors (Lipinski definition) is 6. The lowest BCUT2D eigenvalue weighted by Crippen LogP contribution is -2.30. The van der Waals surface area contributed by atoms with Crippen molar-refractivity contribution in [2.75, 3.05) is 7.11 Å². The molecule has 1 aromatic heterocycles. The molecule has 1 aliphatic rings. The van der Waals surface area contributed by atoms with Crippen molar-refractivity contribution in [2.24, 2.45) is 0 Å². The van der Waals surface area contributed by atoms with E-state index in [1.165, 1.54) is 25.0 Å². The summed E-state index contributed by atoms with van der Waals surface area (Å²) >= 11 is 0. The van der Waals surface area contributed by atoms with Gasteiger partial charge in [0.15, 0.2) is 11.5 Å². The van der Waals surface area contributed by atoms with Crippen molar-refractivity contribution in [3.05, 3.63) is 120 Å². The van der Waals surface area contributed by atoms with E-state index in [1.807, 2.05) is 36.4 Å². The minimum absolute atomic E-state index is 0.0347. The molecule has 1 N–H and O–H groups in total. The molecule has 0 unspecified atom stereocenters. The van der Waals surface area contributed by atoms with E-state index in [2.05, 4.69) is 15.8 Å². The standard InChI is InChI=1S/C32H32N2O5S/c1-38-30-16-15-26(22-31(30)39-27-7-5-6-8-27)29(21-23-17-19-33-20-18-23)24-11-13-25(14-12-24)32(35)34-40(36,37)28-9-3-2-4-10-28/h2-4,9-20,22,27,29H,5-8,21H2,1H3,(H,34,35)/t29-/m1/s1. The lowest BCUT2D eigenvalue weighted by molar-refractivity contribution is 0.0981. The summed E-state index contributed by atoms with van der Waals surface area (Å²) in [5.74, 6) is 0.695. The van der Waals surface area contributed by atoms with Crippen molar-refractivity contribution in [3.8, 4) is 11.5 Å². The predicted octanol–water partition coefficient (Wildman–Crippen LogP) is 5.90. The fourth-order valence-electron chi connectivity index (χ4n) is 5.08. The van der Waals surface area contributed by atoms with E-state index in [9.17, 15) is 13.2 Å². The van der Waals surface area contributed by atoms with Crippen molar-refractivity contribution < 1.29 is 22.7 Å². The summed E-state index contributed by atoms with van der Waals surface area (Å²) < 4.78 is 39.4. The number of aromatic nitrogens is 1. The van der Waals surface area contributed by atoms with Crippen LogP contribution in [0.5, 0.6) is 11.5 Å². The molecule has 4 aromatic rings. The Morgan fingerprint density at radius 3 is 2.25 bits per heavy atom. The lowest BCUT2D eigenvalue weighted by Gasteiger charge is -2.22. The molecule has 1 aliphatic carbocycles. The molecule has 0 saturated heterocycles. The summed E-state index contributed by atoms with van der Waals surface area (Å²) in [6.07, 6.45) is 8.85. The number of carbonyl (C=O) groups excluding carboxylic acids is 1. The highest BCUT2D eigenvalue weighted by Crippen LogP contribution is 2.37. The highest BCUT2D eigenvalue weighted by atomic mass is 32.2. The first-order valence-corrected chi connectivity index (χ1v) is 14.9. The van der Waals surface area contributed by atoms with Crippen LogP contribution in [0.15, 0.2) is 102 Å². The van der Waals surface area contributed by atoms with Crippen molar-refractivity contribution in [3.63, 3.8) is 0 Å². The van der Waals surface area contributed by atoms with Gasteiger partial charge in [-0.1, -0.05) is 36.4 Å². The van der Waals surface area contributed by atoms with Gasteiger partial charge in [-0.25, -0.2) is 13.1 Å². The van der Waals surface area contributed by atoms with Gasteiger partial charge in [-0.3, -0.25) is 9.78 Å². The Hall–Kier alpha value is -4.17. The molecule has 1 atom stereocenters. The normalized spacial score (nSPS) is 14.4. The second-order valence-corrected chi connectivity index (χ2v) is 11.6. The van der Waals surface area contributed by atoms with Gasteiger partial charge in [0, 0.05) is 23.9 Å². The molecule has 0 radical (unpaired) electrons. The third-order valence-electron chi connectivity index (χ3n) is 7.23. The number of amides is 1. The van der Waals surface area contributed by atoms with E-state index in [1.54, 1.807) is 49.8 Å². The zero-order valence-electron chi connectivity index (χ0n) is 22.3. The SMILES string of the molecule is COc1ccc([C@H](Cc2ccncc2)c2ccc(C(=O)NS(=O)(=O)c3ccccc3)cc2)cc1OC1CCCC1. The lowest BCUT2D eigenvalue weighted by atomic mass is 9.85. The zero-order valence-corrected chi connectivity index (χ0v) is 23.1. The van der Waals surface area contributed by atoms with Gasteiger partial charge in [0.2, 0.25) is 0 Å². The number of benzene rings is 3. The quantitative estimate of drug-likeness (QED) is 0.261. The van der Waals surface area contributed by atoms with Crippen LogP contribution in [0.3, 0.4) is 0 Å². The Balaban J connectivity index is 1.43. The summed E-state index contributed by atoms with van der Waals surface area (Å²) in [5, 5.41) is 0. The van der Waals surface area contributed by atoms with Gasteiger partial charge in [-0.15, -0.1) is 0 Å². The fraction of sp³-hybridized carbons (Fsp3) is 0.250. The van der Waals surface area contributed by atoms with E-state index in [-0.39, 0.29) is 22.5 Å². The highest BCUT2D eigenvalue weighted by Gasteiger charge is 2.23. The fourth-order valence-corrected chi connectivity index (χ4v) is 6.07. The zero-order chi connectivity index (χ0) is 28.0. The molecule has 0 bridgehead atoms. The van der Waals surface area contributed by atoms with Crippen LogP contribution in [0.4, 0.5) is 0 Å². The molecule has 5 rings (SSSR count). The minimum Gasteiger partial charge on any atom is -0.493 e. The van der Waals surface area contributed by atoms with Crippen LogP contribution < -0.4 is 14.2 Å². The monoisotopic (exact) mass is 556 g/mol. The van der Waals surface area contributed by atoms with Gasteiger partial charge in [0.1, 0.15) is 0 Å².